The minimum absolute atomic E-state index is 0.111. The van der Waals surface area contributed by atoms with Crippen molar-refractivity contribution in [3.8, 4) is 0 Å². The lowest BCUT2D eigenvalue weighted by atomic mass is 9.45. The first kappa shape index (κ1) is 11.5. The predicted octanol–water partition coefficient (Wildman–Crippen LogP) is 0.361. The van der Waals surface area contributed by atoms with Crippen LogP contribution in [0.5, 0.6) is 0 Å². The van der Waals surface area contributed by atoms with Gasteiger partial charge in [-0.15, -0.1) is 0 Å². The lowest BCUT2D eigenvalue weighted by Gasteiger charge is -2.31. The van der Waals surface area contributed by atoms with Crippen molar-refractivity contribution in [3.05, 3.63) is 29.0 Å². The summed E-state index contributed by atoms with van der Waals surface area (Å²) in [7, 11) is 12.0. The monoisotopic (exact) mass is 230 g/mol. The molecular formula is C10H9B2ClN2O. The van der Waals surface area contributed by atoms with E-state index in [0.717, 1.165) is 0 Å². The summed E-state index contributed by atoms with van der Waals surface area (Å²) in [6, 6.07) is 3.30. The van der Waals surface area contributed by atoms with Gasteiger partial charge >= 0.3 is 0 Å². The second-order valence-electron chi connectivity index (χ2n) is 3.93. The van der Waals surface area contributed by atoms with Gasteiger partial charge in [0.2, 0.25) is 5.91 Å². The molecule has 1 atom stereocenters. The number of pyridine rings is 1. The van der Waals surface area contributed by atoms with Gasteiger partial charge in [-0.1, -0.05) is 22.9 Å². The maximum absolute atomic E-state index is 11.5. The number of hydrogen-bond acceptors (Lipinski definition) is 2. The number of amides is 1. The average Bonchev–Trinajstić information content (AvgIpc) is 2.66. The molecule has 0 aromatic carbocycles. The molecule has 78 valence electrons. The van der Waals surface area contributed by atoms with Gasteiger partial charge in [0.05, 0.1) is 15.7 Å². The third kappa shape index (κ3) is 1.96. The van der Waals surface area contributed by atoms with Crippen molar-refractivity contribution >= 4 is 33.2 Å². The summed E-state index contributed by atoms with van der Waals surface area (Å²) in [5.41, 5.74) is 0.610. The maximum atomic E-state index is 11.5. The second kappa shape index (κ2) is 4.13. The molecular weight excluding hydrogens is 221 g/mol. The lowest BCUT2D eigenvalue weighted by Crippen LogP contribution is -2.40. The molecule has 0 bridgehead atoms. The van der Waals surface area contributed by atoms with E-state index < -0.39 is 11.1 Å². The summed E-state index contributed by atoms with van der Waals surface area (Å²) >= 11 is 5.68. The van der Waals surface area contributed by atoms with Crippen LogP contribution < -0.4 is 5.32 Å². The molecule has 6 heteroatoms. The molecule has 1 aliphatic rings. The molecule has 2 rings (SSSR count). The summed E-state index contributed by atoms with van der Waals surface area (Å²) in [6.07, 6.45) is 2.14. The SMILES string of the molecule is [B]C([B])(c1ccc(Cl)nc1)C1CCNC1=O. The minimum atomic E-state index is -1.20. The Balaban J connectivity index is 2.30. The Bertz CT molecular complexity index is 408. The van der Waals surface area contributed by atoms with Crippen LogP contribution in [0.25, 0.3) is 0 Å². The molecule has 1 aromatic heterocycles. The number of nitrogens with zero attached hydrogens (tertiary/aromatic N) is 1. The van der Waals surface area contributed by atoms with Gasteiger partial charge in [-0.25, -0.2) is 4.98 Å². The summed E-state index contributed by atoms with van der Waals surface area (Å²) in [4.78, 5) is 15.5. The summed E-state index contributed by atoms with van der Waals surface area (Å²) in [5.74, 6) is -0.532. The Kier molecular flexibility index (Phi) is 2.98. The molecule has 4 radical (unpaired) electrons. The zero-order valence-corrected chi connectivity index (χ0v) is 9.37. The highest BCUT2D eigenvalue weighted by Gasteiger charge is 2.38. The molecule has 1 amide bonds. The third-order valence-electron chi connectivity index (χ3n) is 2.85. The summed E-state index contributed by atoms with van der Waals surface area (Å²) in [6.45, 7) is 0.612. The molecule has 0 saturated carbocycles. The Morgan fingerprint density at radius 2 is 2.25 bits per heavy atom. The van der Waals surface area contributed by atoms with Gasteiger partial charge in [0, 0.05) is 18.7 Å². The Morgan fingerprint density at radius 3 is 2.75 bits per heavy atom. The largest absolute Gasteiger partial charge is 0.356 e. The van der Waals surface area contributed by atoms with Crippen LogP contribution in [0.3, 0.4) is 0 Å². The van der Waals surface area contributed by atoms with Crippen LogP contribution in [-0.4, -0.2) is 33.1 Å². The van der Waals surface area contributed by atoms with Gasteiger partial charge in [-0.05, 0) is 18.1 Å². The van der Waals surface area contributed by atoms with Gasteiger partial charge in [0.25, 0.3) is 0 Å². The highest BCUT2D eigenvalue weighted by molar-refractivity contribution is 6.41. The third-order valence-corrected chi connectivity index (χ3v) is 3.08. The normalized spacial score (nSPS) is 20.8. The molecule has 1 aromatic rings. The topological polar surface area (TPSA) is 42.0 Å². The zero-order valence-electron chi connectivity index (χ0n) is 8.61. The van der Waals surface area contributed by atoms with E-state index in [4.69, 9.17) is 27.3 Å². The lowest BCUT2D eigenvalue weighted by molar-refractivity contribution is -0.122. The van der Waals surface area contributed by atoms with Gasteiger partial charge in [-0.3, -0.25) is 4.79 Å². The number of aromatic nitrogens is 1. The first-order chi connectivity index (χ1) is 7.51. The van der Waals surface area contributed by atoms with E-state index in [9.17, 15) is 4.79 Å². The second-order valence-corrected chi connectivity index (χ2v) is 4.32. The zero-order chi connectivity index (χ0) is 11.8. The van der Waals surface area contributed by atoms with E-state index in [1.807, 2.05) is 0 Å². The Labute approximate surface area is 102 Å². The van der Waals surface area contributed by atoms with Crippen LogP contribution >= 0.6 is 11.6 Å². The van der Waals surface area contributed by atoms with Crippen LogP contribution in [-0.2, 0) is 10.0 Å². The van der Waals surface area contributed by atoms with Gasteiger partial charge < -0.3 is 5.32 Å². The summed E-state index contributed by atoms with van der Waals surface area (Å²) in [5, 5.41) is 1.89. The molecule has 16 heavy (non-hydrogen) atoms. The van der Waals surface area contributed by atoms with Crippen LogP contribution in [0, 0.1) is 5.92 Å². The molecule has 3 nitrogen and oxygen atoms in total. The minimum Gasteiger partial charge on any atom is -0.356 e. The molecule has 1 aliphatic heterocycles. The van der Waals surface area contributed by atoms with Crippen molar-refractivity contribution in [1.82, 2.24) is 10.3 Å². The van der Waals surface area contributed by atoms with Crippen molar-refractivity contribution in [2.24, 2.45) is 5.92 Å². The fourth-order valence-electron chi connectivity index (χ4n) is 1.88. The molecule has 0 aliphatic carbocycles. The fraction of sp³-hybridized carbons (Fsp3) is 0.400. The smallest absolute Gasteiger partial charge is 0.222 e. The molecule has 1 unspecified atom stereocenters. The molecule has 2 heterocycles. The quantitative estimate of drug-likeness (QED) is 0.589. The number of nitrogens with one attached hydrogen (secondary N) is 1. The maximum Gasteiger partial charge on any atom is 0.222 e. The predicted molar refractivity (Wildman–Crippen MR) is 63.5 cm³/mol. The van der Waals surface area contributed by atoms with E-state index in [1.54, 1.807) is 12.1 Å². The van der Waals surface area contributed by atoms with Crippen molar-refractivity contribution in [1.29, 1.82) is 0 Å². The first-order valence-electron chi connectivity index (χ1n) is 4.99. The van der Waals surface area contributed by atoms with E-state index in [0.29, 0.717) is 23.7 Å². The van der Waals surface area contributed by atoms with Gasteiger partial charge in [-0.2, -0.15) is 0 Å². The average molecular weight is 230 g/mol. The Hall–Kier alpha value is -0.960. The van der Waals surface area contributed by atoms with Crippen molar-refractivity contribution in [2.45, 2.75) is 11.6 Å². The van der Waals surface area contributed by atoms with E-state index >= 15 is 0 Å². The molecule has 0 spiro atoms. The number of carbonyl (C=O) groups is 1. The fourth-order valence-corrected chi connectivity index (χ4v) is 1.99. The highest BCUT2D eigenvalue weighted by Crippen LogP contribution is 2.30. The van der Waals surface area contributed by atoms with E-state index in [1.165, 1.54) is 6.20 Å². The number of carbonyl (C=O) groups excluding carboxylic acids is 1. The standard InChI is InChI=1S/C10H9B2ClN2O/c11-10(12,7-3-4-14-9(7)16)6-1-2-8(13)15-5-6/h1-2,5,7H,3-4H2,(H,14,16). The molecule has 1 N–H and O–H groups in total. The van der Waals surface area contributed by atoms with Crippen molar-refractivity contribution in [2.75, 3.05) is 6.54 Å². The van der Waals surface area contributed by atoms with Gasteiger partial charge in [0.1, 0.15) is 5.15 Å². The van der Waals surface area contributed by atoms with E-state index in [2.05, 4.69) is 10.3 Å². The van der Waals surface area contributed by atoms with Crippen LogP contribution in [0.4, 0.5) is 0 Å². The first-order valence-corrected chi connectivity index (χ1v) is 5.37. The molecule has 1 saturated heterocycles. The highest BCUT2D eigenvalue weighted by atomic mass is 35.5. The number of halogens is 1. The summed E-state index contributed by atoms with van der Waals surface area (Å²) < 4.78 is 0. The van der Waals surface area contributed by atoms with Crippen molar-refractivity contribution in [3.63, 3.8) is 0 Å². The molecule has 1 fully saturated rings. The van der Waals surface area contributed by atoms with E-state index in [-0.39, 0.29) is 5.91 Å². The van der Waals surface area contributed by atoms with Crippen LogP contribution in [0.2, 0.25) is 5.15 Å². The van der Waals surface area contributed by atoms with Gasteiger partial charge in [0.15, 0.2) is 0 Å². The van der Waals surface area contributed by atoms with Crippen LogP contribution in [0.1, 0.15) is 12.0 Å². The number of rotatable bonds is 2. The van der Waals surface area contributed by atoms with Crippen molar-refractivity contribution < 1.29 is 4.79 Å². The number of hydrogen-bond donors (Lipinski definition) is 1. The van der Waals surface area contributed by atoms with Crippen LogP contribution in [0.15, 0.2) is 18.3 Å². The Morgan fingerprint density at radius 1 is 1.50 bits per heavy atom.